The third-order valence-electron chi connectivity index (χ3n) is 4.59. The number of aryl methyl sites for hydroxylation is 2. The van der Waals surface area contributed by atoms with Gasteiger partial charge in [-0.1, -0.05) is 29.8 Å². The van der Waals surface area contributed by atoms with Crippen molar-refractivity contribution in [2.24, 2.45) is 5.92 Å². The molecule has 1 amide bonds. The monoisotopic (exact) mass is 343 g/mol. The fourth-order valence-electron chi connectivity index (χ4n) is 3.11. The van der Waals surface area contributed by atoms with E-state index < -0.39 is 0 Å². The smallest absolute Gasteiger partial charge is 0.223 e. The molecule has 1 fully saturated rings. The number of piperidine rings is 1. The molecule has 1 aromatic heterocycles. The third-order valence-corrected chi connectivity index (χ3v) is 5.98. The van der Waals surface area contributed by atoms with Crippen LogP contribution in [0.1, 0.15) is 41.9 Å². The van der Waals surface area contributed by atoms with Crippen LogP contribution in [0.2, 0.25) is 0 Å². The van der Waals surface area contributed by atoms with Gasteiger partial charge in [-0.05, 0) is 46.7 Å². The molecule has 3 rings (SSSR count). The van der Waals surface area contributed by atoms with Crippen LogP contribution in [-0.2, 0) is 4.79 Å². The number of hydrogen-bond acceptors (Lipinski definition) is 4. The molecule has 1 aliphatic heterocycles. The molecule has 1 atom stereocenters. The van der Waals surface area contributed by atoms with Crippen molar-refractivity contribution in [3.05, 3.63) is 40.4 Å². The fourth-order valence-corrected chi connectivity index (χ4v) is 4.18. The van der Waals surface area contributed by atoms with Gasteiger partial charge in [-0.25, -0.2) is 4.98 Å². The van der Waals surface area contributed by atoms with Crippen LogP contribution in [0.15, 0.2) is 24.3 Å². The molecule has 0 radical (unpaired) electrons. The molecule has 128 valence electrons. The molecule has 0 spiro atoms. The van der Waals surface area contributed by atoms with Crippen LogP contribution < -0.4 is 10.6 Å². The van der Waals surface area contributed by atoms with Crippen molar-refractivity contribution in [2.45, 2.75) is 39.7 Å². The average molecular weight is 343 g/mol. The standard InChI is InChI=1S/C19H25N3OS/c1-12-4-6-16(7-5-12)19-22-14(3)17(24-19)13(2)21-18(23)15-8-10-20-11-9-15/h4-7,13,15,20H,8-11H2,1-3H3,(H,21,23). The van der Waals surface area contributed by atoms with E-state index in [0.29, 0.717) is 0 Å². The fraction of sp³-hybridized carbons (Fsp3) is 0.474. The van der Waals surface area contributed by atoms with Crippen LogP contribution in [-0.4, -0.2) is 24.0 Å². The highest BCUT2D eigenvalue weighted by molar-refractivity contribution is 7.15. The average Bonchev–Trinajstić information content (AvgIpc) is 2.98. The Hall–Kier alpha value is -1.72. The van der Waals surface area contributed by atoms with Gasteiger partial charge in [-0.3, -0.25) is 4.79 Å². The lowest BCUT2D eigenvalue weighted by Crippen LogP contribution is -2.39. The molecule has 1 aromatic carbocycles. The zero-order valence-corrected chi connectivity index (χ0v) is 15.4. The Balaban J connectivity index is 1.71. The maximum atomic E-state index is 12.5. The van der Waals surface area contributed by atoms with Crippen LogP contribution in [0.25, 0.3) is 10.6 Å². The van der Waals surface area contributed by atoms with Gasteiger partial charge in [0, 0.05) is 11.5 Å². The lowest BCUT2D eigenvalue weighted by molar-refractivity contribution is -0.126. The van der Waals surface area contributed by atoms with Gasteiger partial charge in [-0.15, -0.1) is 11.3 Å². The maximum Gasteiger partial charge on any atom is 0.223 e. The summed E-state index contributed by atoms with van der Waals surface area (Å²) in [4.78, 5) is 18.3. The Bertz CT molecular complexity index is 702. The SMILES string of the molecule is Cc1ccc(-c2nc(C)c(C(C)NC(=O)C3CCNCC3)s2)cc1. The summed E-state index contributed by atoms with van der Waals surface area (Å²) < 4.78 is 0. The minimum atomic E-state index is 0.00378. The quantitative estimate of drug-likeness (QED) is 0.892. The molecule has 2 aromatic rings. The van der Waals surface area contributed by atoms with E-state index in [9.17, 15) is 4.79 Å². The normalized spacial score (nSPS) is 16.8. The minimum Gasteiger partial charge on any atom is -0.348 e. The van der Waals surface area contributed by atoms with Gasteiger partial charge < -0.3 is 10.6 Å². The lowest BCUT2D eigenvalue weighted by atomic mass is 9.97. The number of nitrogens with zero attached hydrogens (tertiary/aromatic N) is 1. The molecule has 24 heavy (non-hydrogen) atoms. The van der Waals surface area contributed by atoms with Crippen molar-refractivity contribution < 1.29 is 4.79 Å². The Morgan fingerprint density at radius 3 is 2.58 bits per heavy atom. The number of hydrogen-bond donors (Lipinski definition) is 2. The van der Waals surface area contributed by atoms with E-state index in [-0.39, 0.29) is 17.9 Å². The van der Waals surface area contributed by atoms with Gasteiger partial charge in [0.05, 0.1) is 16.6 Å². The van der Waals surface area contributed by atoms with Crippen molar-refractivity contribution in [3.8, 4) is 10.6 Å². The van der Waals surface area contributed by atoms with Crippen molar-refractivity contribution in [3.63, 3.8) is 0 Å². The van der Waals surface area contributed by atoms with E-state index in [1.807, 2.05) is 6.92 Å². The van der Waals surface area contributed by atoms with E-state index >= 15 is 0 Å². The third kappa shape index (κ3) is 3.84. The summed E-state index contributed by atoms with van der Waals surface area (Å²) in [6.45, 7) is 8.03. The van der Waals surface area contributed by atoms with Gasteiger partial charge in [-0.2, -0.15) is 0 Å². The van der Waals surface area contributed by atoms with Gasteiger partial charge in [0.15, 0.2) is 0 Å². The maximum absolute atomic E-state index is 12.5. The second-order valence-corrected chi connectivity index (χ2v) is 7.62. The van der Waals surface area contributed by atoms with Gasteiger partial charge >= 0.3 is 0 Å². The van der Waals surface area contributed by atoms with Crippen molar-refractivity contribution in [1.82, 2.24) is 15.6 Å². The van der Waals surface area contributed by atoms with Crippen LogP contribution in [0.4, 0.5) is 0 Å². The first-order valence-electron chi connectivity index (χ1n) is 8.60. The second kappa shape index (κ2) is 7.45. The summed E-state index contributed by atoms with van der Waals surface area (Å²) >= 11 is 1.68. The largest absolute Gasteiger partial charge is 0.348 e. The summed E-state index contributed by atoms with van der Waals surface area (Å²) in [5.41, 5.74) is 3.39. The van der Waals surface area contributed by atoms with Crippen LogP contribution in [0.3, 0.4) is 0 Å². The highest BCUT2D eigenvalue weighted by Crippen LogP contribution is 2.32. The highest BCUT2D eigenvalue weighted by Gasteiger charge is 2.24. The number of aromatic nitrogens is 1. The summed E-state index contributed by atoms with van der Waals surface area (Å²) in [5, 5.41) is 7.50. The summed E-state index contributed by atoms with van der Waals surface area (Å²) in [6, 6.07) is 8.43. The topological polar surface area (TPSA) is 54.0 Å². The number of benzene rings is 1. The first kappa shape index (κ1) is 17.1. The Morgan fingerprint density at radius 2 is 1.92 bits per heavy atom. The molecule has 0 aliphatic carbocycles. The summed E-state index contributed by atoms with van der Waals surface area (Å²) in [7, 11) is 0. The van der Waals surface area contributed by atoms with Crippen LogP contribution in [0.5, 0.6) is 0 Å². The molecular formula is C19H25N3OS. The summed E-state index contributed by atoms with van der Waals surface area (Å²) in [6.07, 6.45) is 1.85. The number of carbonyl (C=O) groups excluding carboxylic acids is 1. The number of thiazole rings is 1. The van der Waals surface area contributed by atoms with Crippen LogP contribution in [0, 0.1) is 19.8 Å². The molecule has 4 nitrogen and oxygen atoms in total. The molecular weight excluding hydrogens is 318 g/mol. The van der Waals surface area contributed by atoms with E-state index in [1.54, 1.807) is 11.3 Å². The van der Waals surface area contributed by atoms with Gasteiger partial charge in [0.1, 0.15) is 5.01 Å². The first-order chi connectivity index (χ1) is 11.5. The van der Waals surface area contributed by atoms with E-state index in [2.05, 4.69) is 48.7 Å². The second-order valence-electron chi connectivity index (χ2n) is 6.59. The Labute approximate surface area is 147 Å². The minimum absolute atomic E-state index is 0.00378. The zero-order valence-electron chi connectivity index (χ0n) is 14.6. The van der Waals surface area contributed by atoms with Gasteiger partial charge in [0.25, 0.3) is 0 Å². The number of carbonyl (C=O) groups is 1. The predicted molar refractivity (Wildman–Crippen MR) is 99.2 cm³/mol. The molecule has 1 saturated heterocycles. The number of rotatable bonds is 4. The Morgan fingerprint density at radius 1 is 1.25 bits per heavy atom. The molecule has 0 saturated carbocycles. The predicted octanol–water partition coefficient (Wildman–Crippen LogP) is 3.60. The molecule has 2 N–H and O–H groups in total. The molecule has 5 heteroatoms. The number of nitrogens with one attached hydrogen (secondary N) is 2. The van der Waals surface area contributed by atoms with Crippen LogP contribution >= 0.6 is 11.3 Å². The molecule has 1 aliphatic rings. The van der Waals surface area contributed by atoms with E-state index in [0.717, 1.165) is 47.1 Å². The van der Waals surface area contributed by atoms with Crippen molar-refractivity contribution in [2.75, 3.05) is 13.1 Å². The van der Waals surface area contributed by atoms with Gasteiger partial charge in [0.2, 0.25) is 5.91 Å². The highest BCUT2D eigenvalue weighted by atomic mass is 32.1. The number of amides is 1. The zero-order chi connectivity index (χ0) is 17.1. The molecule has 2 heterocycles. The van der Waals surface area contributed by atoms with E-state index in [4.69, 9.17) is 4.98 Å². The first-order valence-corrected chi connectivity index (χ1v) is 9.41. The van der Waals surface area contributed by atoms with E-state index in [1.165, 1.54) is 5.56 Å². The molecule has 0 bridgehead atoms. The lowest BCUT2D eigenvalue weighted by Gasteiger charge is -2.23. The van der Waals surface area contributed by atoms with Crippen molar-refractivity contribution in [1.29, 1.82) is 0 Å². The molecule has 1 unspecified atom stereocenters. The summed E-state index contributed by atoms with van der Waals surface area (Å²) in [5.74, 6) is 0.312. The van der Waals surface area contributed by atoms with Crippen molar-refractivity contribution >= 4 is 17.2 Å². The Kier molecular flexibility index (Phi) is 5.31.